The molecule has 2 N–H and O–H groups in total. The van der Waals surface area contributed by atoms with Gasteiger partial charge in [0.15, 0.2) is 18.1 Å². The zero-order valence-electron chi connectivity index (χ0n) is 16.4. The number of benzene rings is 2. The number of nitrogens with one attached hydrogen (secondary N) is 2. The summed E-state index contributed by atoms with van der Waals surface area (Å²) in [6, 6.07) is 21.9. The zero-order chi connectivity index (χ0) is 20.1. The monoisotopic (exact) mass is 389 g/mol. The Hall–Kier alpha value is -3.31. The van der Waals surface area contributed by atoms with Gasteiger partial charge in [0.25, 0.3) is 5.91 Å². The average molecular weight is 389 g/mol. The molecule has 1 amide bonds. The molecule has 2 aromatic carbocycles. The quantitative estimate of drug-likeness (QED) is 0.485. The van der Waals surface area contributed by atoms with Crippen LogP contribution in [-0.2, 0) is 17.9 Å². The van der Waals surface area contributed by atoms with E-state index < -0.39 is 0 Å². The molecule has 0 saturated heterocycles. The summed E-state index contributed by atoms with van der Waals surface area (Å²) in [5.74, 6) is 1.70. The van der Waals surface area contributed by atoms with E-state index in [0.717, 1.165) is 27.4 Å². The van der Waals surface area contributed by atoms with Crippen LogP contribution in [0.15, 0.2) is 88.1 Å². The zero-order valence-corrected chi connectivity index (χ0v) is 16.4. The minimum atomic E-state index is -0.0814. The van der Waals surface area contributed by atoms with Crippen molar-refractivity contribution < 1.29 is 18.5 Å². The maximum absolute atomic E-state index is 12.8. The van der Waals surface area contributed by atoms with Crippen LogP contribution in [0.5, 0.6) is 0 Å². The molecule has 0 saturated carbocycles. The number of fused-ring (bicyclic) bond motifs is 1. The fourth-order valence-corrected chi connectivity index (χ4v) is 3.73. The van der Waals surface area contributed by atoms with Crippen LogP contribution in [0.25, 0.3) is 10.8 Å². The Kier molecular flexibility index (Phi) is 5.77. The van der Waals surface area contributed by atoms with Gasteiger partial charge >= 0.3 is 0 Å². The van der Waals surface area contributed by atoms with Gasteiger partial charge in [0, 0.05) is 0 Å². The summed E-state index contributed by atoms with van der Waals surface area (Å²) < 4.78 is 11.0. The number of hydrogen-bond donors (Lipinski definition) is 2. The van der Waals surface area contributed by atoms with Crippen LogP contribution >= 0.6 is 0 Å². The topological polar surface area (TPSA) is 59.8 Å². The Morgan fingerprint density at radius 2 is 1.55 bits per heavy atom. The van der Waals surface area contributed by atoms with E-state index in [1.165, 1.54) is 5.39 Å². The number of rotatable bonds is 8. The molecule has 0 fully saturated rings. The van der Waals surface area contributed by atoms with Crippen LogP contribution in [-0.4, -0.2) is 12.5 Å². The maximum atomic E-state index is 12.8. The second-order valence-electron chi connectivity index (χ2n) is 7.30. The van der Waals surface area contributed by atoms with E-state index in [-0.39, 0.29) is 11.9 Å². The molecule has 0 aliphatic carbocycles. The number of quaternary nitrogens is 1. The van der Waals surface area contributed by atoms with Crippen molar-refractivity contribution in [3.8, 4) is 0 Å². The van der Waals surface area contributed by atoms with E-state index in [4.69, 9.17) is 8.83 Å². The lowest BCUT2D eigenvalue weighted by atomic mass is 10.00. The molecule has 5 nitrogen and oxygen atoms in total. The molecule has 0 unspecified atom stereocenters. The molecule has 4 rings (SSSR count). The van der Waals surface area contributed by atoms with Gasteiger partial charge in [-0.2, -0.15) is 0 Å². The van der Waals surface area contributed by atoms with Gasteiger partial charge in [0.1, 0.15) is 13.1 Å². The van der Waals surface area contributed by atoms with Crippen LogP contribution in [0.4, 0.5) is 0 Å². The first-order valence-corrected chi connectivity index (χ1v) is 9.84. The Bertz CT molecular complexity index is 1010. The summed E-state index contributed by atoms with van der Waals surface area (Å²) in [6.45, 7) is 3.59. The molecule has 2 heterocycles. The molecule has 0 radical (unpaired) electrons. The van der Waals surface area contributed by atoms with Crippen molar-refractivity contribution >= 4 is 16.7 Å². The molecule has 148 valence electrons. The SMILES string of the molecule is C[C@H](NC(=O)C[NH+](Cc1ccco1)Cc1ccco1)c1cccc2ccccc12. The highest BCUT2D eigenvalue weighted by atomic mass is 16.3. The molecule has 0 bridgehead atoms. The number of carbonyl (C=O) groups excluding carboxylic acids is 1. The lowest BCUT2D eigenvalue weighted by molar-refractivity contribution is -0.921. The summed E-state index contributed by atoms with van der Waals surface area (Å²) >= 11 is 0. The van der Waals surface area contributed by atoms with E-state index in [0.29, 0.717) is 19.6 Å². The van der Waals surface area contributed by atoms with Crippen molar-refractivity contribution in [3.63, 3.8) is 0 Å². The van der Waals surface area contributed by atoms with Gasteiger partial charge in [-0.1, -0.05) is 42.5 Å². The minimum Gasteiger partial charge on any atom is -0.463 e. The normalized spacial score (nSPS) is 12.3. The third-order valence-corrected chi connectivity index (χ3v) is 5.09. The highest BCUT2D eigenvalue weighted by Crippen LogP contribution is 2.23. The first-order chi connectivity index (χ1) is 14.2. The van der Waals surface area contributed by atoms with Crippen LogP contribution in [0.2, 0.25) is 0 Å². The molecular formula is C24H25N2O3+. The highest BCUT2D eigenvalue weighted by Gasteiger charge is 2.20. The second kappa shape index (κ2) is 8.80. The van der Waals surface area contributed by atoms with Crippen molar-refractivity contribution in [3.05, 3.63) is 96.3 Å². The molecule has 29 heavy (non-hydrogen) atoms. The summed E-state index contributed by atoms with van der Waals surface area (Å²) in [7, 11) is 0. The number of amides is 1. The predicted molar refractivity (Wildman–Crippen MR) is 111 cm³/mol. The van der Waals surface area contributed by atoms with Crippen molar-refractivity contribution in [2.75, 3.05) is 6.54 Å². The molecule has 0 aliphatic heterocycles. The third-order valence-electron chi connectivity index (χ3n) is 5.09. The van der Waals surface area contributed by atoms with Gasteiger partial charge in [-0.15, -0.1) is 0 Å². The molecule has 2 aromatic heterocycles. The van der Waals surface area contributed by atoms with Gasteiger partial charge in [0.05, 0.1) is 18.6 Å². The molecule has 0 aliphatic rings. The van der Waals surface area contributed by atoms with Crippen LogP contribution < -0.4 is 10.2 Å². The van der Waals surface area contributed by atoms with Gasteiger partial charge < -0.3 is 19.1 Å². The average Bonchev–Trinajstić information content (AvgIpc) is 3.41. The van der Waals surface area contributed by atoms with E-state index in [1.54, 1.807) is 12.5 Å². The first kappa shape index (κ1) is 19.0. The highest BCUT2D eigenvalue weighted by molar-refractivity contribution is 5.87. The molecule has 5 heteroatoms. The van der Waals surface area contributed by atoms with Crippen LogP contribution in [0.1, 0.15) is 30.0 Å². The van der Waals surface area contributed by atoms with Gasteiger partial charge in [-0.25, -0.2) is 0 Å². The summed E-state index contributed by atoms with van der Waals surface area (Å²) in [5.41, 5.74) is 1.12. The fraction of sp³-hybridized carbons (Fsp3) is 0.208. The van der Waals surface area contributed by atoms with Gasteiger partial charge in [0.2, 0.25) is 0 Å². The number of hydrogen-bond acceptors (Lipinski definition) is 3. The maximum Gasteiger partial charge on any atom is 0.275 e. The van der Waals surface area contributed by atoms with E-state index in [2.05, 4.69) is 29.6 Å². The van der Waals surface area contributed by atoms with Crippen LogP contribution in [0, 0.1) is 0 Å². The first-order valence-electron chi connectivity index (χ1n) is 9.84. The van der Waals surface area contributed by atoms with Gasteiger partial charge in [-0.05, 0) is 47.5 Å². The molecular weight excluding hydrogens is 364 g/mol. The lowest BCUT2D eigenvalue weighted by Gasteiger charge is -2.20. The Balaban J connectivity index is 1.45. The predicted octanol–water partition coefficient (Wildman–Crippen LogP) is 3.49. The third kappa shape index (κ3) is 4.76. The lowest BCUT2D eigenvalue weighted by Crippen LogP contribution is -3.10. The van der Waals surface area contributed by atoms with Crippen LogP contribution in [0.3, 0.4) is 0 Å². The molecule has 1 atom stereocenters. The van der Waals surface area contributed by atoms with Gasteiger partial charge in [-0.3, -0.25) is 4.79 Å². The summed E-state index contributed by atoms with van der Waals surface area (Å²) in [5, 5.41) is 5.50. The van der Waals surface area contributed by atoms with Crippen molar-refractivity contribution in [1.82, 2.24) is 5.32 Å². The fourth-order valence-electron chi connectivity index (χ4n) is 3.73. The van der Waals surface area contributed by atoms with E-state index >= 15 is 0 Å². The molecule has 0 spiro atoms. The summed E-state index contributed by atoms with van der Waals surface area (Å²) in [6.07, 6.45) is 3.31. The minimum absolute atomic E-state index is 0.00135. The van der Waals surface area contributed by atoms with E-state index in [1.807, 2.05) is 49.4 Å². The molecule has 4 aromatic rings. The van der Waals surface area contributed by atoms with Crippen molar-refractivity contribution in [1.29, 1.82) is 0 Å². The number of carbonyl (C=O) groups is 1. The number of furan rings is 2. The smallest absolute Gasteiger partial charge is 0.275 e. The Morgan fingerprint density at radius 1 is 0.897 bits per heavy atom. The van der Waals surface area contributed by atoms with Crippen molar-refractivity contribution in [2.24, 2.45) is 0 Å². The Morgan fingerprint density at radius 3 is 2.21 bits per heavy atom. The summed E-state index contributed by atoms with van der Waals surface area (Å²) in [4.78, 5) is 13.9. The Labute approximate surface area is 169 Å². The largest absolute Gasteiger partial charge is 0.463 e. The van der Waals surface area contributed by atoms with Crippen molar-refractivity contribution in [2.45, 2.75) is 26.1 Å². The standard InChI is InChI=1S/C24H24N2O3/c1-18(22-12-4-8-19-7-2-3-11-23(19)22)25-24(27)17-26(15-20-9-5-13-28-20)16-21-10-6-14-29-21/h2-14,18H,15-17H2,1H3,(H,25,27)/p+1/t18-/m0/s1. The van der Waals surface area contributed by atoms with E-state index in [9.17, 15) is 4.79 Å². The second-order valence-corrected chi connectivity index (χ2v) is 7.30.